The molecule has 148 valence electrons. The lowest BCUT2D eigenvalue weighted by Gasteiger charge is -2.28. The van der Waals surface area contributed by atoms with E-state index >= 15 is 0 Å². The molecule has 0 amide bonds. The average Bonchev–Trinajstić information content (AvgIpc) is 3.12. The Hall–Kier alpha value is -2.04. The Morgan fingerprint density at radius 3 is 2.79 bits per heavy atom. The monoisotopic (exact) mass is 397 g/mol. The maximum atomic E-state index is 6.25. The lowest BCUT2D eigenvalue weighted by atomic mass is 9.93. The van der Waals surface area contributed by atoms with Gasteiger partial charge >= 0.3 is 0 Å². The van der Waals surface area contributed by atoms with Crippen molar-refractivity contribution in [2.75, 3.05) is 26.7 Å². The predicted octanol–water partition coefficient (Wildman–Crippen LogP) is 5.69. The van der Waals surface area contributed by atoms with Gasteiger partial charge in [-0.15, -0.1) is 0 Å². The SMILES string of the molecule is Cc1cc(OCCCC2CCN(C)CC2)ccc1-c1nc2c(Cl)cccc2[nH]1. The standard InChI is InChI=1S/C23H28ClN3O/c1-16-15-18(28-14-4-5-17-10-12-27(2)13-11-17)8-9-19(16)23-25-21-7-3-6-20(24)22(21)26-23/h3,6-9,15,17H,4-5,10-14H2,1-2H3,(H,25,26). The fourth-order valence-corrected chi connectivity index (χ4v) is 4.25. The first-order chi connectivity index (χ1) is 13.6. The first-order valence-electron chi connectivity index (χ1n) is 10.2. The molecule has 5 heteroatoms. The van der Waals surface area contributed by atoms with Crippen LogP contribution in [0.5, 0.6) is 5.75 Å². The van der Waals surface area contributed by atoms with Crippen molar-refractivity contribution in [3.8, 4) is 17.1 Å². The van der Waals surface area contributed by atoms with Crippen LogP contribution in [0.15, 0.2) is 36.4 Å². The lowest BCUT2D eigenvalue weighted by Crippen LogP contribution is -2.30. The summed E-state index contributed by atoms with van der Waals surface area (Å²) in [4.78, 5) is 10.5. The van der Waals surface area contributed by atoms with Crippen molar-refractivity contribution in [2.24, 2.45) is 5.92 Å². The first-order valence-corrected chi connectivity index (χ1v) is 10.5. The molecule has 0 aliphatic carbocycles. The number of aryl methyl sites for hydroxylation is 1. The molecule has 1 saturated heterocycles. The Bertz CT molecular complexity index is 944. The summed E-state index contributed by atoms with van der Waals surface area (Å²) in [5, 5.41) is 0.669. The van der Waals surface area contributed by atoms with Gasteiger partial charge in [-0.2, -0.15) is 0 Å². The molecular weight excluding hydrogens is 370 g/mol. The van der Waals surface area contributed by atoms with Crippen LogP contribution in [0, 0.1) is 12.8 Å². The fourth-order valence-electron chi connectivity index (χ4n) is 4.03. The number of ether oxygens (including phenoxy) is 1. The van der Waals surface area contributed by atoms with Crippen LogP contribution in [-0.2, 0) is 0 Å². The molecule has 4 nitrogen and oxygen atoms in total. The number of halogens is 1. The maximum Gasteiger partial charge on any atom is 0.138 e. The molecule has 0 unspecified atom stereocenters. The molecule has 28 heavy (non-hydrogen) atoms. The number of rotatable bonds is 6. The number of fused-ring (bicyclic) bond motifs is 1. The number of imidazole rings is 1. The van der Waals surface area contributed by atoms with E-state index in [0.29, 0.717) is 5.02 Å². The van der Waals surface area contributed by atoms with E-state index in [4.69, 9.17) is 16.3 Å². The predicted molar refractivity (Wildman–Crippen MR) is 116 cm³/mol. The van der Waals surface area contributed by atoms with Crippen molar-refractivity contribution in [1.29, 1.82) is 0 Å². The highest BCUT2D eigenvalue weighted by Crippen LogP contribution is 2.29. The van der Waals surface area contributed by atoms with Gasteiger partial charge in [-0.3, -0.25) is 0 Å². The number of benzene rings is 2. The largest absolute Gasteiger partial charge is 0.494 e. The van der Waals surface area contributed by atoms with E-state index in [1.807, 2.05) is 24.3 Å². The number of H-pyrrole nitrogens is 1. The molecule has 1 fully saturated rings. The average molecular weight is 398 g/mol. The molecule has 0 saturated carbocycles. The molecule has 2 heterocycles. The number of nitrogens with one attached hydrogen (secondary N) is 1. The second-order valence-electron chi connectivity index (χ2n) is 7.94. The van der Waals surface area contributed by atoms with Gasteiger partial charge in [-0.25, -0.2) is 4.98 Å². The van der Waals surface area contributed by atoms with Crippen LogP contribution in [-0.4, -0.2) is 41.6 Å². The number of piperidine rings is 1. The van der Waals surface area contributed by atoms with Gasteiger partial charge in [0.25, 0.3) is 0 Å². The van der Waals surface area contributed by atoms with Gasteiger partial charge in [0.1, 0.15) is 17.1 Å². The highest BCUT2D eigenvalue weighted by molar-refractivity contribution is 6.35. The third kappa shape index (κ3) is 4.34. The van der Waals surface area contributed by atoms with E-state index in [1.54, 1.807) is 0 Å². The number of nitrogens with zero attached hydrogens (tertiary/aromatic N) is 2. The van der Waals surface area contributed by atoms with Crippen molar-refractivity contribution < 1.29 is 4.74 Å². The summed E-state index contributed by atoms with van der Waals surface area (Å²) in [6.07, 6.45) is 5.04. The van der Waals surface area contributed by atoms with E-state index < -0.39 is 0 Å². The van der Waals surface area contributed by atoms with Crippen LogP contribution in [0.3, 0.4) is 0 Å². The molecular formula is C23H28ClN3O. The number of hydrogen-bond donors (Lipinski definition) is 1. The smallest absolute Gasteiger partial charge is 0.138 e. The van der Waals surface area contributed by atoms with E-state index in [-0.39, 0.29) is 0 Å². The number of hydrogen-bond acceptors (Lipinski definition) is 3. The maximum absolute atomic E-state index is 6.25. The molecule has 0 atom stereocenters. The highest BCUT2D eigenvalue weighted by atomic mass is 35.5. The van der Waals surface area contributed by atoms with Crippen LogP contribution >= 0.6 is 11.6 Å². The molecule has 2 aromatic carbocycles. The second-order valence-corrected chi connectivity index (χ2v) is 8.34. The zero-order chi connectivity index (χ0) is 19.5. The van der Waals surface area contributed by atoms with Gasteiger partial charge in [-0.1, -0.05) is 17.7 Å². The Kier molecular flexibility index (Phi) is 5.88. The third-order valence-corrected chi connectivity index (χ3v) is 6.09. The van der Waals surface area contributed by atoms with Gasteiger partial charge in [0.15, 0.2) is 0 Å². The van der Waals surface area contributed by atoms with Gasteiger partial charge in [0.2, 0.25) is 0 Å². The van der Waals surface area contributed by atoms with Crippen molar-refractivity contribution in [3.63, 3.8) is 0 Å². The van der Waals surface area contributed by atoms with E-state index in [1.165, 1.54) is 32.4 Å². The zero-order valence-electron chi connectivity index (χ0n) is 16.7. The molecule has 1 aromatic heterocycles. The molecule has 4 rings (SSSR count). The quantitative estimate of drug-likeness (QED) is 0.543. The molecule has 1 aliphatic heterocycles. The van der Waals surface area contributed by atoms with Crippen molar-refractivity contribution in [1.82, 2.24) is 14.9 Å². The van der Waals surface area contributed by atoms with Gasteiger partial charge in [0.05, 0.1) is 17.1 Å². The molecule has 0 spiro atoms. The van der Waals surface area contributed by atoms with Crippen LogP contribution in [0.4, 0.5) is 0 Å². The normalized spacial score (nSPS) is 16.0. The molecule has 1 N–H and O–H groups in total. The summed E-state index contributed by atoms with van der Waals surface area (Å²) in [5.41, 5.74) is 3.98. The topological polar surface area (TPSA) is 41.1 Å². The summed E-state index contributed by atoms with van der Waals surface area (Å²) >= 11 is 6.25. The summed E-state index contributed by atoms with van der Waals surface area (Å²) in [5.74, 6) is 2.64. The van der Waals surface area contributed by atoms with Crippen LogP contribution in [0.1, 0.15) is 31.2 Å². The minimum absolute atomic E-state index is 0.669. The van der Waals surface area contributed by atoms with Crippen LogP contribution < -0.4 is 4.74 Å². The summed E-state index contributed by atoms with van der Waals surface area (Å²) in [6.45, 7) is 5.35. The minimum atomic E-state index is 0.669. The van der Waals surface area contributed by atoms with E-state index in [2.05, 4.69) is 41.0 Å². The van der Waals surface area contributed by atoms with Crippen molar-refractivity contribution in [3.05, 3.63) is 47.0 Å². The molecule has 0 radical (unpaired) electrons. The van der Waals surface area contributed by atoms with Crippen LogP contribution in [0.25, 0.3) is 22.4 Å². The fraction of sp³-hybridized carbons (Fsp3) is 0.435. The molecule has 1 aliphatic rings. The number of aromatic amines is 1. The Labute approximate surface area is 171 Å². The molecule has 0 bridgehead atoms. The number of aromatic nitrogens is 2. The first kappa shape index (κ1) is 19.3. The second kappa shape index (κ2) is 8.54. The zero-order valence-corrected chi connectivity index (χ0v) is 17.4. The Balaban J connectivity index is 1.35. The highest BCUT2D eigenvalue weighted by Gasteiger charge is 2.16. The van der Waals surface area contributed by atoms with Crippen molar-refractivity contribution >= 4 is 22.6 Å². The Morgan fingerprint density at radius 2 is 2.04 bits per heavy atom. The Morgan fingerprint density at radius 1 is 1.21 bits per heavy atom. The minimum Gasteiger partial charge on any atom is -0.494 e. The summed E-state index contributed by atoms with van der Waals surface area (Å²) < 4.78 is 6.01. The van der Waals surface area contributed by atoms with Gasteiger partial charge in [-0.05, 0) is 94.6 Å². The van der Waals surface area contributed by atoms with Gasteiger partial charge < -0.3 is 14.6 Å². The molecule has 3 aromatic rings. The van der Waals surface area contributed by atoms with Crippen molar-refractivity contribution in [2.45, 2.75) is 32.6 Å². The number of para-hydroxylation sites is 1. The third-order valence-electron chi connectivity index (χ3n) is 5.78. The van der Waals surface area contributed by atoms with E-state index in [9.17, 15) is 0 Å². The summed E-state index contributed by atoms with van der Waals surface area (Å²) in [6, 6.07) is 12.0. The van der Waals surface area contributed by atoms with Gasteiger partial charge in [0, 0.05) is 5.56 Å². The van der Waals surface area contributed by atoms with Crippen LogP contribution in [0.2, 0.25) is 5.02 Å². The lowest BCUT2D eigenvalue weighted by molar-refractivity contribution is 0.200. The summed E-state index contributed by atoms with van der Waals surface area (Å²) in [7, 11) is 2.21. The number of likely N-dealkylation sites (tertiary alicyclic amines) is 1. The van der Waals surface area contributed by atoms with E-state index in [0.717, 1.165) is 52.7 Å².